The topological polar surface area (TPSA) is 40.5 Å². The zero-order valence-corrected chi connectivity index (χ0v) is 11.2. The fraction of sp³-hybridized carbons (Fsp3) is 0.545. The monoisotopic (exact) mass is 261 g/mol. The molecule has 1 aromatic rings. The number of thiophene rings is 1. The van der Waals surface area contributed by atoms with Gasteiger partial charge in [-0.05, 0) is 46.1 Å². The number of carboxylic acid groups (broad SMARTS) is 1. The minimum Gasteiger partial charge on any atom is -0.481 e. The van der Waals surface area contributed by atoms with Gasteiger partial charge in [-0.3, -0.25) is 4.79 Å². The maximum Gasteiger partial charge on any atom is 0.314 e. The molecule has 0 radical (unpaired) electrons. The Kier molecular flexibility index (Phi) is 4.35. The second-order valence-corrected chi connectivity index (χ2v) is 6.01. The van der Waals surface area contributed by atoms with Crippen molar-refractivity contribution in [1.82, 2.24) is 4.90 Å². The Hall–Kier alpha value is -0.580. The molecule has 1 heterocycles. The van der Waals surface area contributed by atoms with E-state index in [9.17, 15) is 9.90 Å². The smallest absolute Gasteiger partial charge is 0.314 e. The molecule has 5 heteroatoms. The van der Waals surface area contributed by atoms with Crippen molar-refractivity contribution >= 4 is 28.9 Å². The first kappa shape index (κ1) is 13.5. The average molecular weight is 262 g/mol. The molecule has 16 heavy (non-hydrogen) atoms. The summed E-state index contributed by atoms with van der Waals surface area (Å²) in [4.78, 5) is 14.2. The first-order valence-electron chi connectivity index (χ1n) is 5.00. The van der Waals surface area contributed by atoms with Gasteiger partial charge in [0.1, 0.15) is 5.41 Å². The molecule has 0 aliphatic carbocycles. The molecule has 0 saturated carbocycles. The molecule has 90 valence electrons. The van der Waals surface area contributed by atoms with Crippen LogP contribution in [0.1, 0.15) is 18.2 Å². The summed E-state index contributed by atoms with van der Waals surface area (Å²) in [5.41, 5.74) is -0.845. The molecule has 0 aliphatic heterocycles. The van der Waals surface area contributed by atoms with Gasteiger partial charge in [0.2, 0.25) is 0 Å². The quantitative estimate of drug-likeness (QED) is 0.886. The summed E-state index contributed by atoms with van der Waals surface area (Å²) in [6.45, 7) is 2.49. The van der Waals surface area contributed by atoms with E-state index in [2.05, 4.69) is 0 Å². The number of hydrogen-bond acceptors (Lipinski definition) is 3. The lowest BCUT2D eigenvalue weighted by Gasteiger charge is -2.25. The number of nitrogens with zero attached hydrogens (tertiary/aromatic N) is 1. The van der Waals surface area contributed by atoms with E-state index in [1.54, 1.807) is 19.1 Å². The van der Waals surface area contributed by atoms with Crippen LogP contribution in [0.4, 0.5) is 0 Å². The van der Waals surface area contributed by atoms with Gasteiger partial charge in [-0.1, -0.05) is 11.6 Å². The fourth-order valence-electron chi connectivity index (χ4n) is 1.39. The van der Waals surface area contributed by atoms with Crippen LogP contribution < -0.4 is 0 Å². The van der Waals surface area contributed by atoms with Crippen molar-refractivity contribution < 1.29 is 9.90 Å². The van der Waals surface area contributed by atoms with Crippen LogP contribution in [0.25, 0.3) is 0 Å². The Morgan fingerprint density at radius 1 is 1.56 bits per heavy atom. The number of aliphatic carboxylic acids is 1. The van der Waals surface area contributed by atoms with Gasteiger partial charge < -0.3 is 10.0 Å². The number of rotatable bonds is 5. The van der Waals surface area contributed by atoms with Crippen molar-refractivity contribution in [3.05, 3.63) is 21.3 Å². The van der Waals surface area contributed by atoms with E-state index in [1.165, 1.54) is 11.3 Å². The third kappa shape index (κ3) is 2.97. The largest absolute Gasteiger partial charge is 0.481 e. The molecule has 0 amide bonds. The second-order valence-electron chi connectivity index (χ2n) is 4.29. The molecule has 0 spiro atoms. The molecule has 1 rings (SSSR count). The number of hydrogen-bond donors (Lipinski definition) is 1. The first-order valence-corrected chi connectivity index (χ1v) is 6.19. The minimum atomic E-state index is -0.845. The van der Waals surface area contributed by atoms with Crippen molar-refractivity contribution in [3.63, 3.8) is 0 Å². The molecule has 1 unspecified atom stereocenters. The number of carboxylic acids is 1. The summed E-state index contributed by atoms with van der Waals surface area (Å²) in [5, 5.41) is 9.35. The third-order valence-electron chi connectivity index (χ3n) is 2.65. The molecule has 1 N–H and O–H groups in total. The predicted molar refractivity (Wildman–Crippen MR) is 67.5 cm³/mol. The summed E-state index contributed by atoms with van der Waals surface area (Å²) in [7, 11) is 3.87. The highest BCUT2D eigenvalue weighted by molar-refractivity contribution is 7.16. The Labute approximate surface area is 105 Å². The van der Waals surface area contributed by atoms with E-state index in [0.29, 0.717) is 10.8 Å². The van der Waals surface area contributed by atoms with Gasteiger partial charge in [-0.2, -0.15) is 0 Å². The maximum absolute atomic E-state index is 11.4. The van der Waals surface area contributed by atoms with Crippen molar-refractivity contribution in [3.8, 4) is 0 Å². The van der Waals surface area contributed by atoms with Gasteiger partial charge in [0, 0.05) is 4.88 Å². The van der Waals surface area contributed by atoms with E-state index in [4.69, 9.17) is 11.6 Å². The van der Waals surface area contributed by atoms with Crippen LogP contribution in [-0.2, 0) is 10.2 Å². The average Bonchev–Trinajstić information content (AvgIpc) is 2.61. The summed E-state index contributed by atoms with van der Waals surface area (Å²) < 4.78 is 0.632. The van der Waals surface area contributed by atoms with E-state index in [1.807, 2.05) is 19.0 Å². The lowest BCUT2D eigenvalue weighted by atomic mass is 9.85. The van der Waals surface area contributed by atoms with Gasteiger partial charge in [0.05, 0.1) is 4.34 Å². The van der Waals surface area contributed by atoms with Crippen LogP contribution in [0.15, 0.2) is 12.1 Å². The zero-order chi connectivity index (χ0) is 12.3. The normalized spacial score (nSPS) is 15.1. The van der Waals surface area contributed by atoms with E-state index in [0.717, 1.165) is 11.4 Å². The van der Waals surface area contributed by atoms with Crippen molar-refractivity contribution in [1.29, 1.82) is 0 Å². The molecular weight excluding hydrogens is 246 g/mol. The highest BCUT2D eigenvalue weighted by atomic mass is 35.5. The summed E-state index contributed by atoms with van der Waals surface area (Å²) >= 11 is 7.19. The van der Waals surface area contributed by atoms with Crippen molar-refractivity contribution in [2.24, 2.45) is 0 Å². The van der Waals surface area contributed by atoms with E-state index in [-0.39, 0.29) is 0 Å². The van der Waals surface area contributed by atoms with Crippen LogP contribution in [0.5, 0.6) is 0 Å². The molecule has 0 bridgehead atoms. The first-order chi connectivity index (χ1) is 7.36. The Morgan fingerprint density at radius 3 is 2.56 bits per heavy atom. The Bertz CT molecular complexity index is 378. The minimum absolute atomic E-state index is 0.576. The summed E-state index contributed by atoms with van der Waals surface area (Å²) in [6.07, 6.45) is 0.576. The highest BCUT2D eigenvalue weighted by Gasteiger charge is 2.36. The number of halogens is 1. The van der Waals surface area contributed by atoms with Gasteiger partial charge in [0.15, 0.2) is 0 Å². The van der Waals surface area contributed by atoms with Crippen molar-refractivity contribution in [2.75, 3.05) is 20.6 Å². The molecular formula is C11H16ClNO2S. The van der Waals surface area contributed by atoms with Crippen LogP contribution in [0.2, 0.25) is 4.34 Å². The van der Waals surface area contributed by atoms with Crippen molar-refractivity contribution in [2.45, 2.75) is 18.8 Å². The lowest BCUT2D eigenvalue weighted by Crippen LogP contribution is -2.34. The molecule has 1 aromatic heterocycles. The van der Waals surface area contributed by atoms with Gasteiger partial charge >= 0.3 is 5.97 Å². The fourth-order valence-corrected chi connectivity index (χ4v) is 2.60. The van der Waals surface area contributed by atoms with Crippen LogP contribution in [0.3, 0.4) is 0 Å². The van der Waals surface area contributed by atoms with E-state index < -0.39 is 11.4 Å². The lowest BCUT2D eigenvalue weighted by molar-refractivity contribution is -0.143. The highest BCUT2D eigenvalue weighted by Crippen LogP contribution is 2.35. The molecule has 0 aliphatic rings. The molecule has 0 saturated heterocycles. The van der Waals surface area contributed by atoms with Gasteiger partial charge in [-0.25, -0.2) is 0 Å². The number of carbonyl (C=O) groups is 1. The zero-order valence-electron chi connectivity index (χ0n) is 9.66. The van der Waals surface area contributed by atoms with Gasteiger partial charge in [0.25, 0.3) is 0 Å². The second kappa shape index (κ2) is 5.17. The van der Waals surface area contributed by atoms with E-state index >= 15 is 0 Å². The SMILES string of the molecule is CN(C)CCC(C)(C(=O)O)c1ccc(Cl)s1. The van der Waals surface area contributed by atoms with Crippen LogP contribution in [0, 0.1) is 0 Å². The standard InChI is InChI=1S/C11H16ClNO2S/c1-11(10(14)15,6-7-13(2)3)8-4-5-9(12)16-8/h4-5H,6-7H2,1-3H3,(H,14,15). The summed E-state index contributed by atoms with van der Waals surface area (Å²) in [5.74, 6) is -0.798. The molecule has 3 nitrogen and oxygen atoms in total. The van der Waals surface area contributed by atoms with Crippen LogP contribution >= 0.6 is 22.9 Å². The Balaban J connectivity index is 2.92. The maximum atomic E-state index is 11.4. The van der Waals surface area contributed by atoms with Gasteiger partial charge in [-0.15, -0.1) is 11.3 Å². The molecule has 1 atom stereocenters. The molecule has 0 fully saturated rings. The summed E-state index contributed by atoms with van der Waals surface area (Å²) in [6, 6.07) is 3.55. The predicted octanol–water partition coefficient (Wildman–Crippen LogP) is 2.70. The Morgan fingerprint density at radius 2 is 2.19 bits per heavy atom. The van der Waals surface area contributed by atoms with Crippen LogP contribution in [-0.4, -0.2) is 36.6 Å². The third-order valence-corrected chi connectivity index (χ3v) is 4.14. The molecule has 0 aromatic carbocycles.